The fraction of sp³-hybridized carbons (Fsp3) is 0.273. The van der Waals surface area contributed by atoms with Crippen LogP contribution in [-0.4, -0.2) is 34.6 Å². The number of amides is 2. The number of ether oxygens (including phenoxy) is 1. The van der Waals surface area contributed by atoms with Crippen LogP contribution in [0.15, 0.2) is 58.7 Å². The highest BCUT2D eigenvalue weighted by Gasteiger charge is 2.30. The van der Waals surface area contributed by atoms with Gasteiger partial charge in [0.25, 0.3) is 0 Å². The lowest BCUT2D eigenvalue weighted by Crippen LogP contribution is -2.41. The van der Waals surface area contributed by atoms with Crippen molar-refractivity contribution in [3.8, 4) is 5.75 Å². The molecule has 1 unspecified atom stereocenters. The van der Waals surface area contributed by atoms with Crippen molar-refractivity contribution in [3.63, 3.8) is 0 Å². The Morgan fingerprint density at radius 2 is 1.94 bits per heavy atom. The van der Waals surface area contributed by atoms with Crippen molar-refractivity contribution in [2.75, 3.05) is 11.9 Å². The molecule has 0 spiro atoms. The van der Waals surface area contributed by atoms with E-state index in [1.807, 2.05) is 6.92 Å². The number of hydrogen-bond acceptors (Lipinski definition) is 6. The second-order valence-corrected chi connectivity index (χ2v) is 8.01. The molecule has 0 radical (unpaired) electrons. The van der Waals surface area contributed by atoms with Crippen LogP contribution in [0, 0.1) is 5.82 Å². The van der Waals surface area contributed by atoms with Gasteiger partial charge in [-0.1, -0.05) is 30.8 Å². The third kappa shape index (κ3) is 6.65. The Morgan fingerprint density at radius 3 is 2.61 bits per heavy atom. The number of hydrogen-bond donors (Lipinski definition) is 2. The van der Waals surface area contributed by atoms with Crippen molar-refractivity contribution in [3.05, 3.63) is 59.9 Å². The molecule has 1 aliphatic rings. The fourth-order valence-electron chi connectivity index (χ4n) is 2.69. The standard InChI is InChI=1S/C22H23FN4O3S/c1-3-12-30-18-10-8-17(9-11-18)24-21(29)19-13-20(28)25-22(31-19)27-26-14(2)15-4-6-16(23)7-5-15/h4-11,19H,3,12-13H2,1-2H3,(H,24,29)(H,25,27,28)/b26-14-. The molecule has 2 aromatic carbocycles. The van der Waals surface area contributed by atoms with Crippen molar-refractivity contribution in [2.45, 2.75) is 31.9 Å². The summed E-state index contributed by atoms with van der Waals surface area (Å²) in [6.07, 6.45) is 0.949. The van der Waals surface area contributed by atoms with Crippen molar-refractivity contribution in [1.82, 2.24) is 5.32 Å². The summed E-state index contributed by atoms with van der Waals surface area (Å²) in [5.41, 5.74) is 1.88. The zero-order valence-corrected chi connectivity index (χ0v) is 18.0. The fourth-order valence-corrected chi connectivity index (χ4v) is 3.62. The van der Waals surface area contributed by atoms with Gasteiger partial charge in [-0.05, 0) is 55.3 Å². The van der Waals surface area contributed by atoms with E-state index in [4.69, 9.17) is 4.74 Å². The van der Waals surface area contributed by atoms with Crippen LogP contribution in [0.2, 0.25) is 0 Å². The van der Waals surface area contributed by atoms with Gasteiger partial charge in [0, 0.05) is 12.1 Å². The monoisotopic (exact) mass is 442 g/mol. The molecule has 1 heterocycles. The molecule has 0 aromatic heterocycles. The number of carbonyl (C=O) groups excluding carboxylic acids is 2. The molecule has 0 saturated carbocycles. The molecule has 0 bridgehead atoms. The molecule has 162 valence electrons. The maximum absolute atomic E-state index is 13.1. The molecule has 31 heavy (non-hydrogen) atoms. The molecule has 1 saturated heterocycles. The summed E-state index contributed by atoms with van der Waals surface area (Å²) >= 11 is 1.13. The second-order valence-electron chi connectivity index (χ2n) is 6.82. The summed E-state index contributed by atoms with van der Waals surface area (Å²) in [5.74, 6) is -0.213. The zero-order valence-electron chi connectivity index (χ0n) is 17.2. The topological polar surface area (TPSA) is 92.1 Å². The first kappa shape index (κ1) is 22.5. The number of anilines is 1. The summed E-state index contributed by atoms with van der Waals surface area (Å²) in [5, 5.41) is 13.2. The minimum atomic E-state index is -0.634. The molecule has 2 amide bonds. The van der Waals surface area contributed by atoms with Crippen LogP contribution in [0.25, 0.3) is 0 Å². The average molecular weight is 443 g/mol. The van der Waals surface area contributed by atoms with Gasteiger partial charge in [-0.25, -0.2) is 4.39 Å². The average Bonchev–Trinajstić information content (AvgIpc) is 2.77. The Morgan fingerprint density at radius 1 is 1.23 bits per heavy atom. The lowest BCUT2D eigenvalue weighted by molar-refractivity contribution is -0.123. The Labute approximate surface area is 184 Å². The van der Waals surface area contributed by atoms with E-state index >= 15 is 0 Å². The summed E-state index contributed by atoms with van der Waals surface area (Å²) in [4.78, 5) is 24.7. The maximum atomic E-state index is 13.1. The molecule has 7 nitrogen and oxygen atoms in total. The van der Waals surface area contributed by atoms with E-state index in [9.17, 15) is 14.0 Å². The van der Waals surface area contributed by atoms with Crippen LogP contribution >= 0.6 is 11.8 Å². The third-order valence-corrected chi connectivity index (χ3v) is 5.38. The molecule has 3 rings (SSSR count). The Bertz CT molecular complexity index is 991. The first-order valence-electron chi connectivity index (χ1n) is 9.83. The zero-order chi connectivity index (χ0) is 22.2. The van der Waals surface area contributed by atoms with Gasteiger partial charge in [0.1, 0.15) is 16.8 Å². The van der Waals surface area contributed by atoms with Gasteiger partial charge in [0.05, 0.1) is 12.3 Å². The van der Waals surface area contributed by atoms with E-state index in [2.05, 4.69) is 20.8 Å². The van der Waals surface area contributed by atoms with Gasteiger partial charge < -0.3 is 15.4 Å². The summed E-state index contributed by atoms with van der Waals surface area (Å²) in [6.45, 7) is 4.38. The Kier molecular flexibility index (Phi) is 7.77. The minimum absolute atomic E-state index is 0.0356. The Hall–Kier alpha value is -3.20. The van der Waals surface area contributed by atoms with Crippen LogP contribution in [0.1, 0.15) is 32.3 Å². The number of halogens is 1. The largest absolute Gasteiger partial charge is 0.494 e. The van der Waals surface area contributed by atoms with Crippen molar-refractivity contribution in [1.29, 1.82) is 0 Å². The Balaban J connectivity index is 1.63. The van der Waals surface area contributed by atoms with Crippen LogP contribution < -0.4 is 15.4 Å². The number of thioether (sulfide) groups is 1. The smallest absolute Gasteiger partial charge is 0.238 e. The summed E-state index contributed by atoms with van der Waals surface area (Å²) < 4.78 is 18.6. The van der Waals surface area contributed by atoms with Crippen molar-refractivity contribution in [2.24, 2.45) is 10.2 Å². The number of amidine groups is 1. The minimum Gasteiger partial charge on any atom is -0.494 e. The highest BCUT2D eigenvalue weighted by molar-refractivity contribution is 8.15. The molecular weight excluding hydrogens is 419 g/mol. The number of nitrogens with zero attached hydrogens (tertiary/aromatic N) is 2. The van der Waals surface area contributed by atoms with Crippen LogP contribution in [0.5, 0.6) is 5.75 Å². The lowest BCUT2D eigenvalue weighted by atomic mass is 10.1. The molecule has 1 atom stereocenters. The molecule has 1 fully saturated rings. The first-order chi connectivity index (χ1) is 14.9. The second kappa shape index (κ2) is 10.7. The molecule has 2 N–H and O–H groups in total. The molecule has 2 aromatic rings. The van der Waals surface area contributed by atoms with E-state index in [0.29, 0.717) is 23.6 Å². The lowest BCUT2D eigenvalue weighted by Gasteiger charge is -2.21. The van der Waals surface area contributed by atoms with Gasteiger partial charge in [-0.2, -0.15) is 5.10 Å². The predicted octanol–water partition coefficient (Wildman–Crippen LogP) is 3.95. The van der Waals surface area contributed by atoms with Gasteiger partial charge in [0.15, 0.2) is 5.17 Å². The normalized spacial score (nSPS) is 17.9. The quantitative estimate of drug-likeness (QED) is 0.502. The van der Waals surface area contributed by atoms with Crippen molar-refractivity contribution >= 4 is 40.1 Å². The maximum Gasteiger partial charge on any atom is 0.238 e. The predicted molar refractivity (Wildman–Crippen MR) is 121 cm³/mol. The molecule has 1 aliphatic heterocycles. The van der Waals surface area contributed by atoms with E-state index in [-0.39, 0.29) is 29.2 Å². The van der Waals surface area contributed by atoms with Gasteiger partial charge in [-0.15, -0.1) is 5.10 Å². The van der Waals surface area contributed by atoms with E-state index in [0.717, 1.165) is 23.9 Å². The number of rotatable bonds is 7. The number of benzene rings is 2. The first-order valence-corrected chi connectivity index (χ1v) is 10.7. The number of nitrogens with one attached hydrogen (secondary N) is 2. The van der Waals surface area contributed by atoms with Gasteiger partial charge in [0.2, 0.25) is 11.8 Å². The van der Waals surface area contributed by atoms with E-state index in [1.54, 1.807) is 43.3 Å². The SMILES string of the molecule is CCCOc1ccc(NC(=O)C2CC(=O)N/C(=N\N=C(\C)c3ccc(F)cc3)S2)cc1. The highest BCUT2D eigenvalue weighted by Crippen LogP contribution is 2.23. The molecule has 9 heteroatoms. The third-order valence-electron chi connectivity index (χ3n) is 4.31. The number of carbonyl (C=O) groups is 2. The van der Waals surface area contributed by atoms with Gasteiger partial charge >= 0.3 is 0 Å². The highest BCUT2D eigenvalue weighted by atomic mass is 32.2. The van der Waals surface area contributed by atoms with Crippen LogP contribution in [0.4, 0.5) is 10.1 Å². The molecule has 0 aliphatic carbocycles. The van der Waals surface area contributed by atoms with Crippen molar-refractivity contribution < 1.29 is 18.7 Å². The van der Waals surface area contributed by atoms with Crippen LogP contribution in [-0.2, 0) is 9.59 Å². The van der Waals surface area contributed by atoms with Crippen LogP contribution in [0.3, 0.4) is 0 Å². The molecular formula is C22H23FN4O3S. The summed E-state index contributed by atoms with van der Waals surface area (Å²) in [6, 6.07) is 12.9. The van der Waals surface area contributed by atoms with E-state index < -0.39 is 5.25 Å². The van der Waals surface area contributed by atoms with Gasteiger partial charge in [-0.3, -0.25) is 9.59 Å². The van der Waals surface area contributed by atoms with E-state index in [1.165, 1.54) is 12.1 Å². The summed E-state index contributed by atoms with van der Waals surface area (Å²) in [7, 11) is 0.